The zero-order chi connectivity index (χ0) is 14.4. The van der Waals surface area contributed by atoms with Crippen molar-refractivity contribution in [1.82, 2.24) is 9.55 Å². The molecule has 0 aliphatic rings. The Labute approximate surface area is 112 Å². The zero-order valence-electron chi connectivity index (χ0n) is 11.8. The standard InChI is InChI=1S/C14H20N4O/c1-8(2)12-17-10-7-9(15)5-6-11(10)18(12)14(3,4)13(16)19/h5-8H,15H2,1-4H3,(H2,16,19). The molecule has 0 fully saturated rings. The Balaban J connectivity index is 2.83. The first-order chi connectivity index (χ1) is 8.75. The first-order valence-corrected chi connectivity index (χ1v) is 6.33. The van der Waals surface area contributed by atoms with Crippen LogP contribution in [0.3, 0.4) is 0 Å². The van der Waals surface area contributed by atoms with Crippen LogP contribution in [0.25, 0.3) is 11.0 Å². The van der Waals surface area contributed by atoms with Crippen molar-refractivity contribution in [3.05, 3.63) is 24.0 Å². The van der Waals surface area contributed by atoms with Gasteiger partial charge in [0, 0.05) is 11.6 Å². The van der Waals surface area contributed by atoms with Gasteiger partial charge in [-0.3, -0.25) is 4.79 Å². The largest absolute Gasteiger partial charge is 0.399 e. The summed E-state index contributed by atoms with van der Waals surface area (Å²) in [6.45, 7) is 7.69. The molecule has 102 valence electrons. The molecule has 0 atom stereocenters. The molecule has 0 radical (unpaired) electrons. The van der Waals surface area contributed by atoms with Gasteiger partial charge >= 0.3 is 0 Å². The van der Waals surface area contributed by atoms with Crippen molar-refractivity contribution in [2.45, 2.75) is 39.2 Å². The third-order valence-corrected chi connectivity index (χ3v) is 3.38. The lowest BCUT2D eigenvalue weighted by Gasteiger charge is -2.27. The summed E-state index contributed by atoms with van der Waals surface area (Å²) in [4.78, 5) is 16.4. The Morgan fingerprint density at radius 1 is 1.37 bits per heavy atom. The summed E-state index contributed by atoms with van der Waals surface area (Å²) in [5, 5.41) is 0. The number of nitrogen functional groups attached to an aromatic ring is 1. The van der Waals surface area contributed by atoms with E-state index < -0.39 is 5.54 Å². The van der Waals surface area contributed by atoms with Crippen molar-refractivity contribution >= 4 is 22.6 Å². The van der Waals surface area contributed by atoms with Gasteiger partial charge in [0.05, 0.1) is 11.0 Å². The maximum absolute atomic E-state index is 11.8. The van der Waals surface area contributed by atoms with Crippen LogP contribution in [0.1, 0.15) is 39.4 Å². The Morgan fingerprint density at radius 2 is 2.00 bits per heavy atom. The Hall–Kier alpha value is -2.04. The summed E-state index contributed by atoms with van der Waals surface area (Å²) in [7, 11) is 0. The molecule has 2 aromatic rings. The Kier molecular flexibility index (Phi) is 3.00. The van der Waals surface area contributed by atoms with E-state index >= 15 is 0 Å². The molecule has 4 N–H and O–H groups in total. The van der Waals surface area contributed by atoms with E-state index in [1.807, 2.05) is 36.6 Å². The Bertz CT molecular complexity index is 640. The van der Waals surface area contributed by atoms with E-state index in [-0.39, 0.29) is 11.8 Å². The molecule has 0 spiro atoms. The van der Waals surface area contributed by atoms with E-state index in [1.54, 1.807) is 13.8 Å². The Morgan fingerprint density at radius 3 is 2.53 bits per heavy atom. The number of anilines is 1. The number of nitrogens with two attached hydrogens (primary N) is 2. The van der Waals surface area contributed by atoms with Crippen LogP contribution in [-0.2, 0) is 10.3 Å². The minimum atomic E-state index is -0.829. The van der Waals surface area contributed by atoms with Gasteiger partial charge in [0.25, 0.3) is 0 Å². The highest BCUT2D eigenvalue weighted by Crippen LogP contribution is 2.30. The number of carbonyl (C=O) groups is 1. The second-order valence-electron chi connectivity index (χ2n) is 5.63. The fraction of sp³-hybridized carbons (Fsp3) is 0.429. The van der Waals surface area contributed by atoms with Crippen LogP contribution in [0.2, 0.25) is 0 Å². The van der Waals surface area contributed by atoms with Crippen LogP contribution in [0.5, 0.6) is 0 Å². The number of rotatable bonds is 3. The van der Waals surface area contributed by atoms with Gasteiger partial charge in [-0.2, -0.15) is 0 Å². The highest BCUT2D eigenvalue weighted by molar-refractivity contribution is 5.87. The number of carbonyl (C=O) groups excluding carboxylic acids is 1. The van der Waals surface area contributed by atoms with Crippen molar-refractivity contribution in [3.63, 3.8) is 0 Å². The van der Waals surface area contributed by atoms with Crippen LogP contribution in [0, 0.1) is 0 Å². The lowest BCUT2D eigenvalue weighted by Crippen LogP contribution is -2.42. The van der Waals surface area contributed by atoms with Gasteiger partial charge < -0.3 is 16.0 Å². The summed E-state index contributed by atoms with van der Waals surface area (Å²) in [6, 6.07) is 5.50. The molecule has 1 amide bonds. The monoisotopic (exact) mass is 260 g/mol. The average molecular weight is 260 g/mol. The zero-order valence-corrected chi connectivity index (χ0v) is 11.8. The van der Waals surface area contributed by atoms with E-state index in [0.29, 0.717) is 5.69 Å². The molecule has 0 unspecified atom stereocenters. The number of primary amides is 1. The molecule has 5 nitrogen and oxygen atoms in total. The first-order valence-electron chi connectivity index (χ1n) is 6.33. The summed E-state index contributed by atoms with van der Waals surface area (Å²) < 4.78 is 1.91. The third kappa shape index (κ3) is 2.05. The SMILES string of the molecule is CC(C)c1nc2cc(N)ccc2n1C(C)(C)C(N)=O. The van der Waals surface area contributed by atoms with Crippen LogP contribution in [-0.4, -0.2) is 15.5 Å². The van der Waals surface area contributed by atoms with Crippen molar-refractivity contribution < 1.29 is 4.79 Å². The fourth-order valence-corrected chi connectivity index (χ4v) is 2.20. The van der Waals surface area contributed by atoms with Gasteiger partial charge in [-0.1, -0.05) is 13.8 Å². The first kappa shape index (κ1) is 13.4. The molecular formula is C14H20N4O. The van der Waals surface area contributed by atoms with E-state index in [9.17, 15) is 4.79 Å². The minimum absolute atomic E-state index is 0.187. The van der Waals surface area contributed by atoms with Crippen LogP contribution in [0.15, 0.2) is 18.2 Å². The second kappa shape index (κ2) is 4.26. The molecule has 0 saturated heterocycles. The molecule has 2 rings (SSSR count). The smallest absolute Gasteiger partial charge is 0.243 e. The number of hydrogen-bond acceptors (Lipinski definition) is 3. The van der Waals surface area contributed by atoms with E-state index in [1.165, 1.54) is 0 Å². The van der Waals surface area contributed by atoms with Gasteiger partial charge in [-0.15, -0.1) is 0 Å². The predicted octanol–water partition coefficient (Wildman–Crippen LogP) is 1.96. The second-order valence-corrected chi connectivity index (χ2v) is 5.63. The number of benzene rings is 1. The van der Waals surface area contributed by atoms with Gasteiger partial charge in [0.1, 0.15) is 11.4 Å². The number of imidazole rings is 1. The molecule has 0 aliphatic carbocycles. The normalized spacial score (nSPS) is 12.3. The van der Waals surface area contributed by atoms with Crippen molar-refractivity contribution in [1.29, 1.82) is 0 Å². The minimum Gasteiger partial charge on any atom is -0.399 e. The quantitative estimate of drug-likeness (QED) is 0.827. The number of nitrogens with zero attached hydrogens (tertiary/aromatic N) is 2. The van der Waals surface area contributed by atoms with Crippen LogP contribution >= 0.6 is 0 Å². The predicted molar refractivity (Wildman–Crippen MR) is 76.8 cm³/mol. The third-order valence-electron chi connectivity index (χ3n) is 3.38. The molecule has 0 aliphatic heterocycles. The lowest BCUT2D eigenvalue weighted by molar-refractivity contribution is -0.125. The summed E-state index contributed by atoms with van der Waals surface area (Å²) in [5.74, 6) is 0.641. The van der Waals surface area contributed by atoms with Crippen LogP contribution < -0.4 is 11.5 Å². The lowest BCUT2D eigenvalue weighted by atomic mass is 10.0. The number of aromatic nitrogens is 2. The van der Waals surface area contributed by atoms with Gasteiger partial charge in [-0.25, -0.2) is 4.98 Å². The van der Waals surface area contributed by atoms with E-state index in [4.69, 9.17) is 11.5 Å². The summed E-state index contributed by atoms with van der Waals surface area (Å²) in [6.07, 6.45) is 0. The highest BCUT2D eigenvalue weighted by Gasteiger charge is 2.32. The van der Waals surface area contributed by atoms with Crippen molar-refractivity contribution in [3.8, 4) is 0 Å². The topological polar surface area (TPSA) is 86.9 Å². The molecule has 1 aromatic carbocycles. The summed E-state index contributed by atoms with van der Waals surface area (Å²) >= 11 is 0. The van der Waals surface area contributed by atoms with Crippen LogP contribution in [0.4, 0.5) is 5.69 Å². The molecular weight excluding hydrogens is 240 g/mol. The molecule has 1 aromatic heterocycles. The molecule has 19 heavy (non-hydrogen) atoms. The maximum atomic E-state index is 11.8. The number of fused-ring (bicyclic) bond motifs is 1. The molecule has 0 saturated carbocycles. The van der Waals surface area contributed by atoms with Gasteiger partial charge in [0.15, 0.2) is 0 Å². The number of hydrogen-bond donors (Lipinski definition) is 2. The average Bonchev–Trinajstić information content (AvgIpc) is 2.67. The van der Waals surface area contributed by atoms with Crippen molar-refractivity contribution in [2.24, 2.45) is 5.73 Å². The van der Waals surface area contributed by atoms with Gasteiger partial charge in [0.2, 0.25) is 5.91 Å². The van der Waals surface area contributed by atoms with Crippen molar-refractivity contribution in [2.75, 3.05) is 5.73 Å². The molecule has 0 bridgehead atoms. The molecule has 5 heteroatoms. The maximum Gasteiger partial charge on any atom is 0.243 e. The van der Waals surface area contributed by atoms with E-state index in [2.05, 4.69) is 4.98 Å². The van der Waals surface area contributed by atoms with Gasteiger partial charge in [-0.05, 0) is 32.0 Å². The van der Waals surface area contributed by atoms with E-state index in [0.717, 1.165) is 16.9 Å². The number of amides is 1. The summed E-state index contributed by atoms with van der Waals surface area (Å²) in [5.41, 5.74) is 12.8. The highest BCUT2D eigenvalue weighted by atomic mass is 16.1. The molecule has 1 heterocycles. The fourth-order valence-electron chi connectivity index (χ4n) is 2.20.